The fourth-order valence-electron chi connectivity index (χ4n) is 3.71. The smallest absolute Gasteiger partial charge is 0.215 e. The monoisotopic (exact) mass is 311 g/mol. The van der Waals surface area contributed by atoms with Gasteiger partial charge in [0.15, 0.2) is 4.96 Å². The fraction of sp³-hybridized carbons (Fsp3) is 0.615. The second kappa shape index (κ2) is 4.54. The van der Waals surface area contributed by atoms with Crippen molar-refractivity contribution in [1.82, 2.24) is 14.1 Å². The lowest BCUT2D eigenvalue weighted by Gasteiger charge is -2.21. The molecule has 2 heterocycles. The van der Waals surface area contributed by atoms with Gasteiger partial charge in [-0.15, -0.1) is 11.3 Å². The lowest BCUT2D eigenvalue weighted by molar-refractivity contribution is 0.459. The molecule has 2 fully saturated rings. The van der Waals surface area contributed by atoms with E-state index in [-0.39, 0.29) is 5.25 Å². The number of fused-ring (bicyclic) bond motifs is 3. The van der Waals surface area contributed by atoms with Gasteiger partial charge in [0, 0.05) is 17.8 Å². The second-order valence-corrected chi connectivity index (χ2v) is 8.76. The highest BCUT2D eigenvalue weighted by atomic mass is 32.2. The first-order chi connectivity index (χ1) is 9.62. The Hall–Kier alpha value is -0.920. The standard InChI is InChI=1S/C13H17N3O2S2/c17-20(18,12-6-9-1-2-10(12)5-9)14-7-11-8-16-3-4-19-13(16)15-11/h3-4,8-10,12,14H,1-2,5-7H2/t9-,10+,12?/m1/s1. The summed E-state index contributed by atoms with van der Waals surface area (Å²) in [5, 5.41) is 1.79. The Morgan fingerprint density at radius 2 is 2.30 bits per heavy atom. The number of hydrogen-bond donors (Lipinski definition) is 1. The Labute approximate surface area is 122 Å². The number of thiazole rings is 1. The van der Waals surface area contributed by atoms with E-state index >= 15 is 0 Å². The second-order valence-electron chi connectivity index (χ2n) is 5.90. The van der Waals surface area contributed by atoms with Crippen LogP contribution in [0.1, 0.15) is 31.4 Å². The fourth-order valence-corrected chi connectivity index (χ4v) is 6.27. The van der Waals surface area contributed by atoms with Crippen LogP contribution in [0, 0.1) is 11.8 Å². The Kier molecular flexibility index (Phi) is 2.90. The van der Waals surface area contributed by atoms with Crippen molar-refractivity contribution in [3.05, 3.63) is 23.5 Å². The van der Waals surface area contributed by atoms with E-state index in [1.54, 1.807) is 11.3 Å². The van der Waals surface area contributed by atoms with Crippen LogP contribution in [0.15, 0.2) is 17.8 Å². The van der Waals surface area contributed by atoms with Gasteiger partial charge in [0.2, 0.25) is 10.0 Å². The molecule has 20 heavy (non-hydrogen) atoms. The van der Waals surface area contributed by atoms with Crippen LogP contribution in [0.2, 0.25) is 0 Å². The van der Waals surface area contributed by atoms with Crippen LogP contribution in [-0.2, 0) is 16.6 Å². The van der Waals surface area contributed by atoms with Gasteiger partial charge in [0.05, 0.1) is 17.5 Å². The Balaban J connectivity index is 1.47. The van der Waals surface area contributed by atoms with Gasteiger partial charge in [-0.1, -0.05) is 6.42 Å². The van der Waals surface area contributed by atoms with E-state index in [9.17, 15) is 8.42 Å². The van der Waals surface area contributed by atoms with Crippen molar-refractivity contribution in [2.24, 2.45) is 11.8 Å². The van der Waals surface area contributed by atoms with E-state index in [1.807, 2.05) is 22.2 Å². The van der Waals surface area contributed by atoms with Crippen molar-refractivity contribution < 1.29 is 8.42 Å². The van der Waals surface area contributed by atoms with E-state index in [0.29, 0.717) is 18.4 Å². The molecule has 2 aromatic rings. The molecule has 2 saturated carbocycles. The van der Waals surface area contributed by atoms with Crippen LogP contribution in [0.3, 0.4) is 0 Å². The minimum absolute atomic E-state index is 0.176. The van der Waals surface area contributed by atoms with Crippen LogP contribution >= 0.6 is 11.3 Å². The van der Waals surface area contributed by atoms with Gasteiger partial charge in [-0.2, -0.15) is 0 Å². The highest BCUT2D eigenvalue weighted by Gasteiger charge is 2.45. The van der Waals surface area contributed by atoms with Crippen molar-refractivity contribution in [1.29, 1.82) is 0 Å². The minimum atomic E-state index is -3.21. The average Bonchev–Trinajstić information content (AvgIpc) is 3.15. The Morgan fingerprint density at radius 3 is 3.00 bits per heavy atom. The molecule has 2 aliphatic carbocycles. The molecular weight excluding hydrogens is 294 g/mol. The molecule has 0 amide bonds. The number of aromatic nitrogens is 2. The van der Waals surface area contributed by atoms with E-state index in [2.05, 4.69) is 9.71 Å². The molecule has 2 bridgehead atoms. The van der Waals surface area contributed by atoms with Crippen LogP contribution in [-0.4, -0.2) is 23.1 Å². The van der Waals surface area contributed by atoms with Gasteiger partial charge >= 0.3 is 0 Å². The van der Waals surface area contributed by atoms with Gasteiger partial charge in [-0.25, -0.2) is 18.1 Å². The zero-order chi connectivity index (χ0) is 13.7. The average molecular weight is 311 g/mol. The van der Waals surface area contributed by atoms with Crippen LogP contribution < -0.4 is 4.72 Å². The molecule has 1 unspecified atom stereocenters. The van der Waals surface area contributed by atoms with E-state index < -0.39 is 10.0 Å². The summed E-state index contributed by atoms with van der Waals surface area (Å²) in [7, 11) is -3.21. The third-order valence-corrected chi connectivity index (χ3v) is 7.36. The number of imidazole rings is 1. The van der Waals surface area contributed by atoms with Crippen LogP contribution in [0.25, 0.3) is 4.96 Å². The lowest BCUT2D eigenvalue weighted by atomic mass is 10.0. The zero-order valence-corrected chi connectivity index (χ0v) is 12.7. The first kappa shape index (κ1) is 12.8. The third-order valence-electron chi connectivity index (χ3n) is 4.67. The molecule has 0 aliphatic heterocycles. The summed E-state index contributed by atoms with van der Waals surface area (Å²) < 4.78 is 29.5. The summed E-state index contributed by atoms with van der Waals surface area (Å²) in [4.78, 5) is 5.31. The molecule has 2 aromatic heterocycles. The van der Waals surface area contributed by atoms with E-state index in [1.165, 1.54) is 6.42 Å². The maximum atomic E-state index is 12.4. The molecule has 0 aromatic carbocycles. The molecular formula is C13H17N3O2S2. The van der Waals surface area contributed by atoms with Crippen molar-refractivity contribution in [2.75, 3.05) is 0 Å². The topological polar surface area (TPSA) is 63.5 Å². The summed E-state index contributed by atoms with van der Waals surface area (Å²) >= 11 is 1.55. The van der Waals surface area contributed by atoms with Crippen molar-refractivity contribution in [2.45, 2.75) is 37.5 Å². The molecule has 0 saturated heterocycles. The SMILES string of the molecule is O=S(=O)(NCc1cn2ccsc2n1)C1C[C@@H]2CC[C@H]1C2. The predicted octanol–water partition coefficient (Wildman–Crippen LogP) is 2.00. The summed E-state index contributed by atoms with van der Waals surface area (Å²) in [6.07, 6.45) is 8.06. The maximum Gasteiger partial charge on any atom is 0.215 e. The number of hydrogen-bond acceptors (Lipinski definition) is 4. The third kappa shape index (κ3) is 2.08. The van der Waals surface area contributed by atoms with Crippen LogP contribution in [0.4, 0.5) is 0 Å². The van der Waals surface area contributed by atoms with Crippen molar-refractivity contribution in [3.8, 4) is 0 Å². The number of sulfonamides is 1. The molecule has 0 radical (unpaired) electrons. The summed E-state index contributed by atoms with van der Waals surface area (Å²) in [5.74, 6) is 1.02. The summed E-state index contributed by atoms with van der Waals surface area (Å²) in [5.41, 5.74) is 0.781. The van der Waals surface area contributed by atoms with Crippen molar-refractivity contribution in [3.63, 3.8) is 0 Å². The van der Waals surface area contributed by atoms with E-state index in [0.717, 1.165) is 29.9 Å². The number of nitrogens with zero attached hydrogens (tertiary/aromatic N) is 2. The van der Waals surface area contributed by atoms with Crippen molar-refractivity contribution >= 4 is 26.3 Å². The molecule has 3 atom stereocenters. The lowest BCUT2D eigenvalue weighted by Crippen LogP contribution is -2.37. The van der Waals surface area contributed by atoms with Gasteiger partial charge in [-0.3, -0.25) is 4.40 Å². The maximum absolute atomic E-state index is 12.4. The van der Waals surface area contributed by atoms with Gasteiger partial charge in [0.25, 0.3) is 0 Å². The molecule has 7 heteroatoms. The molecule has 0 spiro atoms. The first-order valence-corrected chi connectivity index (χ1v) is 9.44. The largest absolute Gasteiger partial charge is 0.297 e. The Bertz CT molecular complexity index is 705. The Morgan fingerprint density at radius 1 is 1.40 bits per heavy atom. The van der Waals surface area contributed by atoms with Gasteiger partial charge in [-0.05, 0) is 31.1 Å². The first-order valence-electron chi connectivity index (χ1n) is 7.01. The van der Waals surface area contributed by atoms with Gasteiger partial charge < -0.3 is 0 Å². The molecule has 4 rings (SSSR count). The molecule has 2 aliphatic rings. The molecule has 1 N–H and O–H groups in total. The summed E-state index contributed by atoms with van der Waals surface area (Å²) in [6, 6.07) is 0. The summed E-state index contributed by atoms with van der Waals surface area (Å²) in [6.45, 7) is 0.296. The molecule has 5 nitrogen and oxygen atoms in total. The number of rotatable bonds is 4. The predicted molar refractivity (Wildman–Crippen MR) is 78.1 cm³/mol. The quantitative estimate of drug-likeness (QED) is 0.939. The van der Waals surface area contributed by atoms with Crippen LogP contribution in [0.5, 0.6) is 0 Å². The highest BCUT2D eigenvalue weighted by molar-refractivity contribution is 7.90. The minimum Gasteiger partial charge on any atom is -0.297 e. The normalized spacial score (nSPS) is 29.5. The number of nitrogens with one attached hydrogen (secondary N) is 1. The highest BCUT2D eigenvalue weighted by Crippen LogP contribution is 2.47. The zero-order valence-electron chi connectivity index (χ0n) is 11.0. The molecule has 108 valence electrons. The van der Waals surface area contributed by atoms with E-state index in [4.69, 9.17) is 0 Å². The van der Waals surface area contributed by atoms with Gasteiger partial charge in [0.1, 0.15) is 0 Å².